The number of para-hydroxylation sites is 1. The molecule has 0 aromatic heterocycles. The van der Waals surface area contributed by atoms with Crippen LogP contribution in [0.5, 0.6) is 23.0 Å². The molecule has 1 N–H and O–H groups in total. The van der Waals surface area contributed by atoms with Crippen LogP contribution in [0.2, 0.25) is 5.02 Å². The third-order valence-corrected chi connectivity index (χ3v) is 8.41. The topological polar surface area (TPSA) is 138 Å². The molecule has 0 radical (unpaired) electrons. The number of halogens is 1. The third-order valence-electron chi connectivity index (χ3n) is 5.92. The Hall–Kier alpha value is -4.20. The van der Waals surface area contributed by atoms with Crippen molar-refractivity contribution < 1.29 is 41.2 Å². The molecule has 41 heavy (non-hydrogen) atoms. The van der Waals surface area contributed by atoms with Crippen molar-refractivity contribution in [3.8, 4) is 23.0 Å². The summed E-state index contributed by atoms with van der Waals surface area (Å²) in [5, 5.41) is 2.32. The van der Waals surface area contributed by atoms with Crippen LogP contribution in [-0.2, 0) is 26.3 Å². The lowest BCUT2D eigenvalue weighted by atomic mass is 10.1. The summed E-state index contributed by atoms with van der Waals surface area (Å²) in [7, 11) is -3.02. The van der Waals surface area contributed by atoms with E-state index < -0.39 is 21.3 Å². The van der Waals surface area contributed by atoms with E-state index in [0.717, 1.165) is 4.90 Å². The van der Waals surface area contributed by atoms with Crippen molar-refractivity contribution in [2.24, 2.45) is 0 Å². The van der Waals surface area contributed by atoms with Crippen LogP contribution in [0, 0.1) is 0 Å². The summed E-state index contributed by atoms with van der Waals surface area (Å²) in [5.74, 6) is -0.0685. The Labute approximate surface area is 244 Å². The summed E-state index contributed by atoms with van der Waals surface area (Å²) in [5.41, 5.74) is 1.09. The fourth-order valence-electron chi connectivity index (χ4n) is 3.99. The molecule has 0 saturated carbocycles. The number of nitrogens with zero attached hydrogens (tertiary/aromatic N) is 1. The lowest BCUT2D eigenvalue weighted by Crippen LogP contribution is -2.27. The predicted octanol–water partition coefficient (Wildman–Crippen LogP) is 5.04. The number of benzene rings is 3. The summed E-state index contributed by atoms with van der Waals surface area (Å²) in [4.78, 5) is 38.2. The molecule has 0 unspecified atom stereocenters. The highest BCUT2D eigenvalue weighted by molar-refractivity contribution is 8.18. The van der Waals surface area contributed by atoms with Crippen LogP contribution in [0.1, 0.15) is 18.1 Å². The van der Waals surface area contributed by atoms with Crippen molar-refractivity contribution in [2.45, 2.75) is 18.4 Å². The number of ether oxygens (including phenoxy) is 3. The van der Waals surface area contributed by atoms with Gasteiger partial charge in [-0.25, -0.2) is 0 Å². The van der Waals surface area contributed by atoms with Gasteiger partial charge in [0.1, 0.15) is 4.90 Å². The second-order valence-electron chi connectivity index (χ2n) is 8.69. The highest BCUT2D eigenvalue weighted by Gasteiger charge is 2.36. The molecule has 2 aliphatic rings. The molecule has 1 fully saturated rings. The van der Waals surface area contributed by atoms with Crippen LogP contribution in [-0.4, -0.2) is 44.3 Å². The minimum atomic E-state index is -4.36. The maximum Gasteiger partial charge on any atom is 0.339 e. The fourth-order valence-corrected chi connectivity index (χ4v) is 6.00. The van der Waals surface area contributed by atoms with E-state index in [-0.39, 0.29) is 46.1 Å². The molecule has 3 amide bonds. The number of rotatable bonds is 8. The summed E-state index contributed by atoms with van der Waals surface area (Å²) in [6.45, 7) is 1.27. The van der Waals surface area contributed by atoms with Crippen LogP contribution < -0.4 is 23.7 Å². The van der Waals surface area contributed by atoms with Crippen LogP contribution in [0.15, 0.2) is 64.4 Å². The zero-order valence-electron chi connectivity index (χ0n) is 21.5. The van der Waals surface area contributed by atoms with Gasteiger partial charge >= 0.3 is 10.1 Å². The second-order valence-corrected chi connectivity index (χ2v) is 11.6. The average Bonchev–Trinajstić information content (AvgIpc) is 3.48. The van der Waals surface area contributed by atoms with Gasteiger partial charge in [0.05, 0.1) is 18.6 Å². The molecule has 0 bridgehead atoms. The quantitative estimate of drug-likeness (QED) is 0.271. The minimum absolute atomic E-state index is 0.0435. The van der Waals surface area contributed by atoms with Gasteiger partial charge < -0.3 is 23.7 Å². The third kappa shape index (κ3) is 5.97. The number of methoxy groups -OCH3 is 1. The number of thioether (sulfide) groups is 1. The van der Waals surface area contributed by atoms with E-state index in [2.05, 4.69) is 5.32 Å². The molecule has 0 aliphatic carbocycles. The molecule has 0 spiro atoms. The molecule has 2 heterocycles. The zero-order valence-corrected chi connectivity index (χ0v) is 23.9. The Balaban J connectivity index is 1.42. The largest absolute Gasteiger partial charge is 0.493 e. The van der Waals surface area contributed by atoms with Crippen LogP contribution in [0.4, 0.5) is 10.5 Å². The lowest BCUT2D eigenvalue weighted by molar-refractivity contribution is -0.123. The minimum Gasteiger partial charge on any atom is -0.493 e. The first-order chi connectivity index (χ1) is 19.6. The van der Waals surface area contributed by atoms with Crippen molar-refractivity contribution >= 4 is 62.3 Å². The number of carbonyl (C=O) groups excluding carboxylic acids is 3. The van der Waals surface area contributed by atoms with Crippen LogP contribution >= 0.6 is 23.4 Å². The van der Waals surface area contributed by atoms with Crippen molar-refractivity contribution in [2.75, 3.05) is 19.2 Å². The molecular formula is C27H21ClN2O9S2. The number of carbonyl (C=O) groups is 3. The van der Waals surface area contributed by atoms with Gasteiger partial charge in [0, 0.05) is 29.3 Å². The van der Waals surface area contributed by atoms with Gasteiger partial charge in [-0.05, 0) is 59.8 Å². The number of amides is 3. The monoisotopic (exact) mass is 616 g/mol. The van der Waals surface area contributed by atoms with E-state index >= 15 is 0 Å². The number of nitrogens with one attached hydrogen (secondary N) is 1. The van der Waals surface area contributed by atoms with E-state index in [1.807, 2.05) is 0 Å². The van der Waals surface area contributed by atoms with Crippen LogP contribution in [0.3, 0.4) is 0 Å². The Bertz CT molecular complexity index is 1710. The van der Waals surface area contributed by atoms with Gasteiger partial charge in [0.15, 0.2) is 23.0 Å². The highest BCUT2D eigenvalue weighted by atomic mass is 35.5. The van der Waals surface area contributed by atoms with E-state index in [4.69, 9.17) is 30.0 Å². The molecule has 11 nitrogen and oxygen atoms in total. The summed E-state index contributed by atoms with van der Waals surface area (Å²) in [6.07, 6.45) is 1.36. The Morgan fingerprint density at radius 2 is 1.83 bits per heavy atom. The predicted molar refractivity (Wildman–Crippen MR) is 151 cm³/mol. The van der Waals surface area contributed by atoms with Gasteiger partial charge in [0.2, 0.25) is 12.7 Å². The van der Waals surface area contributed by atoms with Gasteiger partial charge in [0.25, 0.3) is 11.1 Å². The first-order valence-electron chi connectivity index (χ1n) is 11.9. The molecular weight excluding hydrogens is 596 g/mol. The fraction of sp³-hybridized carbons (Fsp3) is 0.148. The van der Waals surface area contributed by atoms with Crippen molar-refractivity contribution in [3.05, 3.63) is 75.7 Å². The standard InChI is InChI=1S/C27H21ClN2O9S2/c1-15(31)29-18-6-8-19(9-7-18)41(34,35)39-25-16(4-3-5-21(25)36-2)11-24-26(32)30(27(33)40-24)13-17-10-22-23(12-20(17)28)38-14-37-22/h3-12H,13-14H2,1-2H3,(H,29,31)/b24-11-. The molecule has 14 heteroatoms. The molecule has 1 saturated heterocycles. The maximum atomic E-state index is 13.2. The molecule has 212 valence electrons. The lowest BCUT2D eigenvalue weighted by Gasteiger charge is -2.15. The van der Waals surface area contributed by atoms with Gasteiger partial charge in [-0.15, -0.1) is 0 Å². The van der Waals surface area contributed by atoms with E-state index in [1.54, 1.807) is 18.2 Å². The van der Waals surface area contributed by atoms with E-state index in [0.29, 0.717) is 39.5 Å². The summed E-state index contributed by atoms with van der Waals surface area (Å²) < 4.78 is 47.7. The number of hydrogen-bond acceptors (Lipinski definition) is 10. The maximum absolute atomic E-state index is 13.2. The molecule has 5 rings (SSSR count). The normalized spacial score (nSPS) is 15.4. The number of hydrogen-bond donors (Lipinski definition) is 1. The Morgan fingerprint density at radius 1 is 1.12 bits per heavy atom. The van der Waals surface area contributed by atoms with Gasteiger partial charge in [-0.1, -0.05) is 23.7 Å². The first kappa shape index (κ1) is 28.3. The van der Waals surface area contributed by atoms with Crippen molar-refractivity contribution in [1.82, 2.24) is 4.90 Å². The molecule has 3 aromatic carbocycles. The average molecular weight is 617 g/mol. The SMILES string of the molecule is COc1cccc(/C=C2\SC(=O)N(Cc3cc4c(cc3Cl)OCO4)C2=O)c1OS(=O)(=O)c1ccc(NC(C)=O)cc1. The van der Waals surface area contributed by atoms with E-state index in [1.165, 1.54) is 56.5 Å². The highest BCUT2D eigenvalue weighted by Crippen LogP contribution is 2.41. The van der Waals surface area contributed by atoms with E-state index in [9.17, 15) is 22.8 Å². The molecule has 3 aromatic rings. The van der Waals surface area contributed by atoms with Crippen molar-refractivity contribution in [3.63, 3.8) is 0 Å². The number of anilines is 1. The van der Waals surface area contributed by atoms with Gasteiger partial charge in [-0.2, -0.15) is 8.42 Å². The molecule has 2 aliphatic heterocycles. The van der Waals surface area contributed by atoms with Crippen LogP contribution in [0.25, 0.3) is 6.08 Å². The van der Waals surface area contributed by atoms with Gasteiger partial charge in [-0.3, -0.25) is 19.3 Å². The summed E-state index contributed by atoms with van der Waals surface area (Å²) >= 11 is 7.02. The van der Waals surface area contributed by atoms with Crippen molar-refractivity contribution in [1.29, 1.82) is 0 Å². The first-order valence-corrected chi connectivity index (χ1v) is 14.5. The zero-order chi connectivity index (χ0) is 29.3. The summed E-state index contributed by atoms with van der Waals surface area (Å²) in [6, 6.07) is 13.2. The number of fused-ring (bicyclic) bond motifs is 1. The smallest absolute Gasteiger partial charge is 0.339 e. The molecule has 0 atom stereocenters. The second kappa shape index (κ2) is 11.4. The Kier molecular flexibility index (Phi) is 7.84. The Morgan fingerprint density at radius 3 is 2.51 bits per heavy atom. The number of imide groups is 1.